The van der Waals surface area contributed by atoms with E-state index < -0.39 is 17.3 Å². The number of amides is 1. The van der Waals surface area contributed by atoms with Crippen LogP contribution in [-0.4, -0.2) is 120 Å². The van der Waals surface area contributed by atoms with Crippen molar-refractivity contribution in [3.8, 4) is 11.1 Å². The average molecular weight is 677 g/mol. The lowest BCUT2D eigenvalue weighted by Gasteiger charge is -2.58. The third kappa shape index (κ3) is 5.40. The van der Waals surface area contributed by atoms with Crippen molar-refractivity contribution in [1.29, 1.82) is 0 Å². The minimum atomic E-state index is -0.911. The second kappa shape index (κ2) is 12.1. The lowest BCUT2D eigenvalue weighted by Crippen LogP contribution is -2.64. The molecular formula is C32H40Cl2FN7O4. The Morgan fingerprint density at radius 3 is 2.70 bits per heavy atom. The molecule has 1 saturated carbocycles. The minimum Gasteiger partial charge on any atom is -0.382 e. The van der Waals surface area contributed by atoms with Crippen molar-refractivity contribution in [2.24, 2.45) is 5.41 Å². The van der Waals surface area contributed by atoms with Gasteiger partial charge < -0.3 is 24.0 Å². The molecule has 4 fully saturated rings. The van der Waals surface area contributed by atoms with Crippen LogP contribution < -0.4 is 4.90 Å². The van der Waals surface area contributed by atoms with Gasteiger partial charge in [-0.1, -0.05) is 29.8 Å². The number of hydrogen-bond acceptors (Lipinski definition) is 8. The summed E-state index contributed by atoms with van der Waals surface area (Å²) in [6.07, 6.45) is 3.50. The van der Waals surface area contributed by atoms with E-state index in [1.165, 1.54) is 4.90 Å². The van der Waals surface area contributed by atoms with Crippen LogP contribution in [0.1, 0.15) is 31.5 Å². The highest BCUT2D eigenvalue weighted by Crippen LogP contribution is 2.56. The molecule has 1 aliphatic carbocycles. The summed E-state index contributed by atoms with van der Waals surface area (Å²) >= 11 is 13.7. The zero-order valence-corrected chi connectivity index (χ0v) is 28.0. The third-order valence-electron chi connectivity index (χ3n) is 10.2. The smallest absolute Gasteiger partial charge is 0.282 e. The van der Waals surface area contributed by atoms with Gasteiger partial charge in [0.2, 0.25) is 0 Å². The number of anilines is 1. The van der Waals surface area contributed by atoms with Crippen molar-refractivity contribution in [2.45, 2.75) is 44.4 Å². The van der Waals surface area contributed by atoms with E-state index in [0.717, 1.165) is 66.0 Å². The molecular weight excluding hydrogens is 636 g/mol. The number of ether oxygens (including phenoxy) is 3. The van der Waals surface area contributed by atoms with E-state index in [1.54, 1.807) is 19.4 Å². The Kier molecular flexibility index (Phi) is 8.34. The van der Waals surface area contributed by atoms with E-state index >= 15 is 0 Å². The number of fused-ring (bicyclic) bond motifs is 1. The maximum Gasteiger partial charge on any atom is 0.282 e. The Morgan fingerprint density at radius 2 is 2.00 bits per heavy atom. The molecule has 2 aromatic heterocycles. The molecule has 248 valence electrons. The molecule has 5 heterocycles. The van der Waals surface area contributed by atoms with Crippen molar-refractivity contribution < 1.29 is 23.4 Å². The summed E-state index contributed by atoms with van der Waals surface area (Å²) in [6.45, 7) is 13.9. The molecule has 1 aromatic carbocycles. The maximum absolute atomic E-state index is 13.5. The Morgan fingerprint density at radius 1 is 1.22 bits per heavy atom. The number of hydrogen-bond donors (Lipinski definition) is 1. The molecule has 0 unspecified atom stereocenters. The highest BCUT2D eigenvalue weighted by molar-refractivity contribution is 6.45. The Labute approximate surface area is 277 Å². The number of rotatable bonds is 8. The van der Waals surface area contributed by atoms with Gasteiger partial charge >= 0.3 is 0 Å². The minimum absolute atomic E-state index is 0.0267. The van der Waals surface area contributed by atoms with Crippen molar-refractivity contribution in [2.75, 3.05) is 77.7 Å². The number of halogens is 3. The van der Waals surface area contributed by atoms with Crippen molar-refractivity contribution in [1.82, 2.24) is 29.8 Å². The molecule has 1 N–H and O–H groups in total. The van der Waals surface area contributed by atoms with E-state index in [-0.39, 0.29) is 17.6 Å². The fraction of sp³-hybridized carbons (Fsp3) is 0.594. The summed E-state index contributed by atoms with van der Waals surface area (Å²) in [5.74, 6) is -0.709. The first-order valence-electron chi connectivity index (χ1n) is 15.7. The Bertz CT molecular complexity index is 1660. The van der Waals surface area contributed by atoms with E-state index in [0.29, 0.717) is 56.1 Å². The summed E-state index contributed by atoms with van der Waals surface area (Å²) < 4.78 is 33.1. The van der Waals surface area contributed by atoms with Crippen LogP contribution in [0.4, 0.5) is 10.2 Å². The average Bonchev–Trinajstić information content (AvgIpc) is 3.57. The fourth-order valence-corrected chi connectivity index (χ4v) is 8.56. The molecule has 0 radical (unpaired) electrons. The molecule has 2 atom stereocenters. The first-order chi connectivity index (χ1) is 22.0. The highest BCUT2D eigenvalue weighted by atomic mass is 35.5. The van der Waals surface area contributed by atoms with Crippen LogP contribution in [0.3, 0.4) is 0 Å². The lowest BCUT2D eigenvalue weighted by atomic mass is 9.60. The van der Waals surface area contributed by atoms with Gasteiger partial charge in [0, 0.05) is 74.0 Å². The zero-order valence-electron chi connectivity index (χ0n) is 26.5. The van der Waals surface area contributed by atoms with Crippen LogP contribution in [0.15, 0.2) is 24.7 Å². The Hall–Kier alpha value is -2.74. The maximum atomic E-state index is 13.5. The number of methoxy groups -OCH3 is 1. The van der Waals surface area contributed by atoms with Gasteiger partial charge in [0.05, 0.1) is 65.9 Å². The van der Waals surface area contributed by atoms with Gasteiger partial charge in [-0.05, 0) is 32.8 Å². The van der Waals surface area contributed by atoms with Crippen LogP contribution in [0.5, 0.6) is 0 Å². The second-order valence-electron chi connectivity index (χ2n) is 13.6. The number of likely N-dealkylation sites (tertiary alicyclic amines) is 1. The number of benzene rings is 1. The summed E-state index contributed by atoms with van der Waals surface area (Å²) in [5.41, 5.74) is 3.02. The third-order valence-corrected chi connectivity index (χ3v) is 11.0. The molecule has 7 rings (SSSR count). The van der Waals surface area contributed by atoms with Crippen LogP contribution in [0, 0.1) is 12.3 Å². The van der Waals surface area contributed by atoms with Crippen molar-refractivity contribution >= 4 is 45.8 Å². The zero-order chi connectivity index (χ0) is 32.4. The fourth-order valence-electron chi connectivity index (χ4n) is 8.11. The molecule has 3 aromatic rings. The number of carbonyl (C=O) groups excluding carboxylic acids is 1. The van der Waals surface area contributed by atoms with Crippen LogP contribution >= 0.6 is 23.2 Å². The standard InChI is InChI=1S/C32H40Cl2FN7O4/c1-19(35)30(43)40-16-32(17-40)10-21(11-32)42-20(2)26(27-23-12-36-37-25(23)9-24(33)28(27)34)29(38-42)41-6-5-39(15-31(41,3)18-44-4)13-22-14-45-7-8-46-22/h9,12,21-22H,1,5-8,10-11,13-18H2,2-4H3,(H,36,37)/t22-,31-/m1/s1. The van der Waals surface area contributed by atoms with E-state index in [4.69, 9.17) is 42.5 Å². The largest absolute Gasteiger partial charge is 0.382 e. The van der Waals surface area contributed by atoms with Gasteiger partial charge in [0.15, 0.2) is 11.6 Å². The molecule has 1 amide bonds. The van der Waals surface area contributed by atoms with Gasteiger partial charge in [0.25, 0.3) is 5.91 Å². The molecule has 0 bridgehead atoms. The van der Waals surface area contributed by atoms with E-state index in [1.807, 2.05) is 0 Å². The van der Waals surface area contributed by atoms with E-state index in [9.17, 15) is 9.18 Å². The molecule has 46 heavy (non-hydrogen) atoms. The van der Waals surface area contributed by atoms with Crippen molar-refractivity contribution in [3.05, 3.63) is 40.4 Å². The SMILES string of the molecule is C=C(F)C(=O)N1CC2(CC(n3nc(N4CCN(C[C@@H]5COCCO5)C[C@]4(C)COC)c(-c4c(Cl)c(Cl)cc5[nH]ncc45)c3C)C2)C1. The second-order valence-corrected chi connectivity index (χ2v) is 14.4. The monoisotopic (exact) mass is 675 g/mol. The quantitative estimate of drug-likeness (QED) is 0.345. The highest BCUT2D eigenvalue weighted by Gasteiger charge is 2.55. The number of nitrogens with zero attached hydrogens (tertiary/aromatic N) is 6. The summed E-state index contributed by atoms with van der Waals surface area (Å²) in [4.78, 5) is 18.4. The van der Waals surface area contributed by atoms with Crippen molar-refractivity contribution in [3.63, 3.8) is 0 Å². The number of carbonyl (C=O) groups is 1. The number of piperazine rings is 1. The molecule has 14 heteroatoms. The normalized spacial score (nSPS) is 25.2. The molecule has 1 spiro atoms. The van der Waals surface area contributed by atoms with Crippen LogP contribution in [0.25, 0.3) is 22.0 Å². The van der Waals surface area contributed by atoms with Gasteiger partial charge in [-0.3, -0.25) is 19.5 Å². The number of aromatic amines is 1. The number of nitrogens with one attached hydrogen (secondary N) is 1. The Balaban J connectivity index is 1.25. The summed E-state index contributed by atoms with van der Waals surface area (Å²) in [6, 6.07) is 1.92. The molecule has 3 saturated heterocycles. The van der Waals surface area contributed by atoms with Gasteiger partial charge in [0.1, 0.15) is 0 Å². The number of aromatic nitrogens is 4. The first kappa shape index (κ1) is 31.8. The van der Waals surface area contributed by atoms with Crippen LogP contribution in [-0.2, 0) is 19.0 Å². The summed E-state index contributed by atoms with van der Waals surface area (Å²) in [5, 5.41) is 14.5. The molecule has 3 aliphatic heterocycles. The summed E-state index contributed by atoms with van der Waals surface area (Å²) in [7, 11) is 1.73. The van der Waals surface area contributed by atoms with Crippen LogP contribution in [0.2, 0.25) is 10.0 Å². The first-order valence-corrected chi connectivity index (χ1v) is 16.5. The molecule has 4 aliphatic rings. The van der Waals surface area contributed by atoms with Gasteiger partial charge in [-0.2, -0.15) is 10.2 Å². The van der Waals surface area contributed by atoms with Gasteiger partial charge in [-0.15, -0.1) is 0 Å². The van der Waals surface area contributed by atoms with E-state index in [2.05, 4.69) is 45.1 Å². The predicted molar refractivity (Wildman–Crippen MR) is 174 cm³/mol. The van der Waals surface area contributed by atoms with Gasteiger partial charge in [-0.25, -0.2) is 4.39 Å². The topological polar surface area (TPSA) is 101 Å². The lowest BCUT2D eigenvalue weighted by molar-refractivity contribution is -0.151. The number of H-pyrrole nitrogens is 1. The molecule has 11 nitrogen and oxygen atoms in total. The predicted octanol–water partition coefficient (Wildman–Crippen LogP) is 4.63.